The third kappa shape index (κ3) is 5.20. The smallest absolute Gasteiger partial charge is 0.261 e. The molecule has 8 heteroatoms. The Morgan fingerprint density at radius 1 is 1.06 bits per heavy atom. The molecule has 31 heavy (non-hydrogen) atoms. The van der Waals surface area contributed by atoms with Crippen molar-refractivity contribution in [2.24, 2.45) is 0 Å². The number of carbonyl (C=O) groups is 1. The monoisotopic (exact) mass is 429 g/mol. The van der Waals surface area contributed by atoms with E-state index in [1.54, 1.807) is 39.1 Å². The molecule has 0 radical (unpaired) electrons. The first-order valence-electron chi connectivity index (χ1n) is 9.83. The zero-order valence-corrected chi connectivity index (χ0v) is 18.4. The highest BCUT2D eigenvalue weighted by atomic mass is 19.1. The van der Waals surface area contributed by atoms with Crippen molar-refractivity contribution in [3.8, 4) is 11.4 Å². The Morgan fingerprint density at radius 3 is 2.35 bits per heavy atom. The minimum Gasteiger partial charge on any atom is -0.487 e. The zero-order valence-electron chi connectivity index (χ0n) is 18.4. The summed E-state index contributed by atoms with van der Waals surface area (Å²) in [5, 5.41) is 0. The van der Waals surface area contributed by atoms with Crippen LogP contribution >= 0.6 is 0 Å². The van der Waals surface area contributed by atoms with Crippen LogP contribution in [0.1, 0.15) is 53.8 Å². The largest absolute Gasteiger partial charge is 0.487 e. The normalized spacial score (nSPS) is 10.3. The molecule has 0 amide bonds. The lowest BCUT2D eigenvalue weighted by atomic mass is 10.1. The van der Waals surface area contributed by atoms with Gasteiger partial charge in [-0.3, -0.25) is 24.1 Å². The summed E-state index contributed by atoms with van der Waals surface area (Å²) in [5.74, 6) is -1.54. The SMILES string of the molecule is CC.CC(=O)c1cc(-n2c(C)cc(OCc3ncc(F)cc3F)c(C)c2=O)c(C)cn1. The molecule has 0 aliphatic carbocycles. The van der Waals surface area contributed by atoms with Gasteiger partial charge in [0.15, 0.2) is 11.6 Å². The maximum absolute atomic E-state index is 13.8. The molecule has 0 saturated heterocycles. The highest BCUT2D eigenvalue weighted by molar-refractivity contribution is 5.92. The average molecular weight is 429 g/mol. The van der Waals surface area contributed by atoms with E-state index in [1.165, 1.54) is 11.5 Å². The lowest BCUT2D eigenvalue weighted by molar-refractivity contribution is 0.101. The molecule has 0 fully saturated rings. The van der Waals surface area contributed by atoms with Crippen LogP contribution in [-0.4, -0.2) is 20.3 Å². The molecule has 0 aromatic carbocycles. The van der Waals surface area contributed by atoms with Gasteiger partial charge in [0.25, 0.3) is 5.56 Å². The lowest BCUT2D eigenvalue weighted by Crippen LogP contribution is -2.24. The number of carbonyl (C=O) groups excluding carboxylic acids is 1. The molecular weight excluding hydrogens is 404 g/mol. The molecule has 3 rings (SSSR count). The number of aryl methyl sites for hydroxylation is 2. The van der Waals surface area contributed by atoms with Crippen LogP contribution in [0.15, 0.2) is 35.4 Å². The number of hydrogen-bond donors (Lipinski definition) is 0. The van der Waals surface area contributed by atoms with Crippen molar-refractivity contribution in [1.82, 2.24) is 14.5 Å². The summed E-state index contributed by atoms with van der Waals surface area (Å²) in [4.78, 5) is 32.4. The second kappa shape index (κ2) is 10.1. The Morgan fingerprint density at radius 2 is 1.74 bits per heavy atom. The van der Waals surface area contributed by atoms with Gasteiger partial charge in [0.1, 0.15) is 29.6 Å². The molecule has 0 N–H and O–H groups in total. The topological polar surface area (TPSA) is 74.1 Å². The number of nitrogens with zero attached hydrogens (tertiary/aromatic N) is 3. The second-order valence-electron chi connectivity index (χ2n) is 6.70. The molecule has 0 atom stereocenters. The van der Waals surface area contributed by atoms with Crippen molar-refractivity contribution in [2.75, 3.05) is 0 Å². The predicted molar refractivity (Wildman–Crippen MR) is 114 cm³/mol. The van der Waals surface area contributed by atoms with Crippen molar-refractivity contribution < 1.29 is 18.3 Å². The van der Waals surface area contributed by atoms with E-state index >= 15 is 0 Å². The van der Waals surface area contributed by atoms with Crippen LogP contribution in [0.2, 0.25) is 0 Å². The predicted octanol–water partition coefficient (Wildman–Crippen LogP) is 4.64. The fraction of sp³-hybridized carbons (Fsp3) is 0.304. The molecule has 3 aromatic heterocycles. The van der Waals surface area contributed by atoms with Crippen LogP contribution < -0.4 is 10.3 Å². The first kappa shape index (κ1) is 23.9. The van der Waals surface area contributed by atoms with Crippen molar-refractivity contribution in [1.29, 1.82) is 0 Å². The van der Waals surface area contributed by atoms with Crippen LogP contribution in [-0.2, 0) is 6.61 Å². The summed E-state index contributed by atoms with van der Waals surface area (Å²) in [6, 6.07) is 3.94. The number of hydrogen-bond acceptors (Lipinski definition) is 5. The van der Waals surface area contributed by atoms with Crippen LogP contribution in [0.3, 0.4) is 0 Å². The van der Waals surface area contributed by atoms with E-state index in [1.807, 2.05) is 13.8 Å². The standard InChI is InChI=1S/C21H19F2N3O3.C2H6/c1-11-8-24-17(14(4)27)7-19(11)26-12(2)5-20(13(3)21(26)28)29-10-18-16(23)6-15(22)9-25-18;1-2/h5-9H,10H2,1-4H3;1-2H3. The molecule has 0 bridgehead atoms. The van der Waals surface area contributed by atoms with Gasteiger partial charge in [-0.15, -0.1) is 0 Å². The van der Waals surface area contributed by atoms with Crippen LogP contribution in [0, 0.1) is 32.4 Å². The molecule has 3 aromatic rings. The number of ketones is 1. The first-order valence-corrected chi connectivity index (χ1v) is 9.83. The number of Topliss-reactive ketones (excluding diaryl/α,β-unsaturated/α-hetero) is 1. The van der Waals surface area contributed by atoms with E-state index in [0.717, 1.165) is 17.8 Å². The maximum atomic E-state index is 13.8. The fourth-order valence-electron chi connectivity index (χ4n) is 2.89. The van der Waals surface area contributed by atoms with Crippen LogP contribution in [0.5, 0.6) is 5.75 Å². The Labute approximate surface area is 179 Å². The molecule has 0 aliphatic rings. The highest BCUT2D eigenvalue weighted by Gasteiger charge is 2.16. The van der Waals surface area contributed by atoms with Gasteiger partial charge in [-0.25, -0.2) is 8.78 Å². The van der Waals surface area contributed by atoms with Gasteiger partial charge in [-0.2, -0.15) is 0 Å². The second-order valence-corrected chi connectivity index (χ2v) is 6.70. The van der Waals surface area contributed by atoms with Gasteiger partial charge in [0, 0.05) is 30.9 Å². The zero-order chi connectivity index (χ0) is 23.3. The molecular formula is C23H25F2N3O3. The van der Waals surface area contributed by atoms with Gasteiger partial charge in [0.05, 0.1) is 17.4 Å². The van der Waals surface area contributed by atoms with E-state index < -0.39 is 11.6 Å². The molecule has 0 aliphatic heterocycles. The van der Waals surface area contributed by atoms with E-state index in [0.29, 0.717) is 16.9 Å². The summed E-state index contributed by atoms with van der Waals surface area (Å²) >= 11 is 0. The van der Waals surface area contributed by atoms with Crippen molar-refractivity contribution in [3.05, 3.63) is 80.8 Å². The Hall–Kier alpha value is -3.42. The van der Waals surface area contributed by atoms with Crippen molar-refractivity contribution >= 4 is 5.78 Å². The Kier molecular flexibility index (Phi) is 7.74. The summed E-state index contributed by atoms with van der Waals surface area (Å²) in [6.45, 7) is 10.3. The fourth-order valence-corrected chi connectivity index (χ4v) is 2.89. The highest BCUT2D eigenvalue weighted by Crippen LogP contribution is 2.22. The molecule has 0 saturated carbocycles. The Balaban J connectivity index is 0.00000166. The van der Waals surface area contributed by atoms with Crippen molar-refractivity contribution in [2.45, 2.75) is 48.1 Å². The summed E-state index contributed by atoms with van der Waals surface area (Å²) in [7, 11) is 0. The summed E-state index contributed by atoms with van der Waals surface area (Å²) in [5.41, 5.74) is 2.00. The Bertz CT molecular complexity index is 1170. The quantitative estimate of drug-likeness (QED) is 0.553. The number of pyridine rings is 3. The lowest BCUT2D eigenvalue weighted by Gasteiger charge is -2.17. The minimum atomic E-state index is -0.822. The third-order valence-corrected chi connectivity index (χ3v) is 4.51. The molecule has 0 spiro atoms. The average Bonchev–Trinajstić information content (AvgIpc) is 2.73. The summed E-state index contributed by atoms with van der Waals surface area (Å²) in [6.07, 6.45) is 2.44. The van der Waals surface area contributed by atoms with Gasteiger partial charge >= 0.3 is 0 Å². The van der Waals surface area contributed by atoms with Gasteiger partial charge in [0.2, 0.25) is 0 Å². The minimum absolute atomic E-state index is 0.0660. The van der Waals surface area contributed by atoms with Crippen molar-refractivity contribution in [3.63, 3.8) is 0 Å². The van der Waals surface area contributed by atoms with E-state index in [-0.39, 0.29) is 35.1 Å². The van der Waals surface area contributed by atoms with Crippen LogP contribution in [0.25, 0.3) is 5.69 Å². The van der Waals surface area contributed by atoms with Gasteiger partial charge in [-0.1, -0.05) is 13.8 Å². The molecule has 0 unspecified atom stereocenters. The number of ether oxygens (including phenoxy) is 1. The number of rotatable bonds is 5. The number of aromatic nitrogens is 3. The van der Waals surface area contributed by atoms with Gasteiger partial charge in [-0.05, 0) is 32.4 Å². The summed E-state index contributed by atoms with van der Waals surface area (Å²) < 4.78 is 33.8. The number of halogens is 2. The van der Waals surface area contributed by atoms with E-state index in [2.05, 4.69) is 9.97 Å². The molecule has 6 nitrogen and oxygen atoms in total. The molecule has 164 valence electrons. The van der Waals surface area contributed by atoms with Crippen LogP contribution in [0.4, 0.5) is 8.78 Å². The first-order chi connectivity index (χ1) is 14.7. The van der Waals surface area contributed by atoms with E-state index in [9.17, 15) is 18.4 Å². The molecule has 3 heterocycles. The maximum Gasteiger partial charge on any atom is 0.261 e. The van der Waals surface area contributed by atoms with Gasteiger partial charge < -0.3 is 4.74 Å². The third-order valence-electron chi connectivity index (χ3n) is 4.51. The van der Waals surface area contributed by atoms with E-state index in [4.69, 9.17) is 4.74 Å².